The van der Waals surface area contributed by atoms with E-state index in [9.17, 15) is 24.3 Å². The molecule has 2 aliphatic heterocycles. The van der Waals surface area contributed by atoms with Gasteiger partial charge in [0, 0.05) is 20.2 Å². The quantitative estimate of drug-likeness (QED) is 0.772. The van der Waals surface area contributed by atoms with Gasteiger partial charge in [-0.2, -0.15) is 0 Å². The average molecular weight is 360 g/mol. The summed E-state index contributed by atoms with van der Waals surface area (Å²) in [6.45, 7) is -0.00686. The molecule has 0 spiro atoms. The highest BCUT2D eigenvalue weighted by Crippen LogP contribution is 2.31. The molecule has 0 radical (unpaired) electrons. The molecule has 0 bridgehead atoms. The first kappa shape index (κ1) is 18.1. The molecule has 1 saturated heterocycles. The average Bonchev–Trinajstić information content (AvgIpc) is 2.87. The van der Waals surface area contributed by atoms with Gasteiger partial charge < -0.3 is 14.7 Å². The predicted molar refractivity (Wildman–Crippen MR) is 89.6 cm³/mol. The van der Waals surface area contributed by atoms with Gasteiger partial charge >= 0.3 is 5.97 Å². The van der Waals surface area contributed by atoms with Crippen molar-refractivity contribution >= 4 is 23.7 Å². The molecular formula is C18H20N2O6. The van der Waals surface area contributed by atoms with E-state index >= 15 is 0 Å². The van der Waals surface area contributed by atoms with Gasteiger partial charge in [0.05, 0.1) is 17.7 Å². The minimum atomic E-state index is -1.16. The molecule has 0 aromatic heterocycles. The van der Waals surface area contributed by atoms with Crippen LogP contribution in [0, 0.1) is 5.41 Å². The van der Waals surface area contributed by atoms with Crippen molar-refractivity contribution in [3.05, 3.63) is 35.4 Å². The van der Waals surface area contributed by atoms with E-state index in [0.717, 1.165) is 4.90 Å². The second kappa shape index (κ2) is 6.87. The van der Waals surface area contributed by atoms with Crippen LogP contribution < -0.4 is 0 Å². The Bertz CT molecular complexity index is 738. The van der Waals surface area contributed by atoms with Crippen LogP contribution in [-0.2, 0) is 14.3 Å². The van der Waals surface area contributed by atoms with Crippen LogP contribution in [0.15, 0.2) is 24.3 Å². The molecule has 26 heavy (non-hydrogen) atoms. The number of methoxy groups -OCH3 is 1. The maximum absolute atomic E-state index is 12.7. The van der Waals surface area contributed by atoms with Crippen molar-refractivity contribution in [3.8, 4) is 0 Å². The van der Waals surface area contributed by atoms with Gasteiger partial charge in [-0.05, 0) is 25.0 Å². The van der Waals surface area contributed by atoms with Gasteiger partial charge in [0.25, 0.3) is 11.8 Å². The van der Waals surface area contributed by atoms with Gasteiger partial charge in [-0.1, -0.05) is 12.1 Å². The van der Waals surface area contributed by atoms with E-state index in [0.29, 0.717) is 19.4 Å². The number of hydrogen-bond donors (Lipinski definition) is 1. The summed E-state index contributed by atoms with van der Waals surface area (Å²) in [6.07, 6.45) is 0.927. The number of imide groups is 1. The van der Waals surface area contributed by atoms with Crippen LogP contribution in [0.4, 0.5) is 0 Å². The number of ether oxygens (including phenoxy) is 1. The lowest BCUT2D eigenvalue weighted by Gasteiger charge is -2.39. The molecule has 2 heterocycles. The molecule has 3 amide bonds. The van der Waals surface area contributed by atoms with Gasteiger partial charge in [0.1, 0.15) is 12.0 Å². The van der Waals surface area contributed by atoms with Gasteiger partial charge in [-0.15, -0.1) is 0 Å². The number of benzene rings is 1. The van der Waals surface area contributed by atoms with Crippen molar-refractivity contribution < 1.29 is 29.0 Å². The third-order valence-electron chi connectivity index (χ3n) is 4.98. The zero-order valence-corrected chi connectivity index (χ0v) is 14.4. The van der Waals surface area contributed by atoms with E-state index in [-0.39, 0.29) is 24.3 Å². The minimum Gasteiger partial charge on any atom is -0.481 e. The lowest BCUT2D eigenvalue weighted by Crippen LogP contribution is -2.54. The van der Waals surface area contributed by atoms with Crippen LogP contribution in [0.2, 0.25) is 0 Å². The number of carbonyl (C=O) groups is 4. The fourth-order valence-electron chi connectivity index (χ4n) is 3.59. The summed E-state index contributed by atoms with van der Waals surface area (Å²) in [6, 6.07) is 6.42. The van der Waals surface area contributed by atoms with Gasteiger partial charge in [0.15, 0.2) is 0 Å². The number of aliphatic carboxylic acids is 1. The van der Waals surface area contributed by atoms with Crippen LogP contribution in [0.3, 0.4) is 0 Å². The third-order valence-corrected chi connectivity index (χ3v) is 4.98. The Labute approximate surface area is 150 Å². The number of carboxylic acid groups (broad SMARTS) is 1. The number of carbonyl (C=O) groups excluding carboxylic acids is 3. The van der Waals surface area contributed by atoms with Crippen LogP contribution in [-0.4, -0.2) is 71.9 Å². The molecule has 1 unspecified atom stereocenters. The highest BCUT2D eigenvalue weighted by atomic mass is 16.5. The molecule has 8 heteroatoms. The van der Waals surface area contributed by atoms with E-state index in [2.05, 4.69) is 0 Å². The highest BCUT2D eigenvalue weighted by molar-refractivity contribution is 6.22. The van der Waals surface area contributed by atoms with Gasteiger partial charge in [-0.3, -0.25) is 24.1 Å². The molecule has 3 rings (SSSR count). The second-order valence-corrected chi connectivity index (χ2v) is 6.68. The molecule has 2 aliphatic rings. The van der Waals surface area contributed by atoms with Crippen LogP contribution in [0.25, 0.3) is 0 Å². The molecule has 1 fully saturated rings. The first-order valence-electron chi connectivity index (χ1n) is 8.35. The summed E-state index contributed by atoms with van der Waals surface area (Å²) < 4.78 is 5.05. The lowest BCUT2D eigenvalue weighted by molar-refractivity contribution is -0.159. The van der Waals surface area contributed by atoms with E-state index in [1.165, 1.54) is 12.0 Å². The Morgan fingerprint density at radius 1 is 1.19 bits per heavy atom. The summed E-state index contributed by atoms with van der Waals surface area (Å²) in [4.78, 5) is 51.4. The Hall–Kier alpha value is -2.74. The van der Waals surface area contributed by atoms with E-state index in [4.69, 9.17) is 4.74 Å². The molecule has 1 atom stereocenters. The number of carboxylic acids is 1. The largest absolute Gasteiger partial charge is 0.481 e. The smallest absolute Gasteiger partial charge is 0.313 e. The van der Waals surface area contributed by atoms with Crippen molar-refractivity contribution in [1.29, 1.82) is 0 Å². The number of rotatable bonds is 5. The summed E-state index contributed by atoms with van der Waals surface area (Å²) in [5.74, 6) is -2.46. The van der Waals surface area contributed by atoms with E-state index < -0.39 is 35.7 Å². The molecule has 1 N–H and O–H groups in total. The highest BCUT2D eigenvalue weighted by Gasteiger charge is 2.45. The van der Waals surface area contributed by atoms with Crippen LogP contribution in [0.5, 0.6) is 0 Å². The Morgan fingerprint density at radius 3 is 2.35 bits per heavy atom. The minimum absolute atomic E-state index is 0.000863. The molecule has 8 nitrogen and oxygen atoms in total. The van der Waals surface area contributed by atoms with Crippen LogP contribution in [0.1, 0.15) is 33.6 Å². The standard InChI is InChI=1S/C18H20N2O6/c1-26-11-18(17(24)25)7-4-8-19(10-18)14(21)9-20-15(22)12-5-2-3-6-13(12)16(20)23/h2-3,5-6H,4,7-11H2,1H3,(H,24,25). The molecule has 1 aromatic carbocycles. The molecule has 138 valence electrons. The fourth-order valence-corrected chi connectivity index (χ4v) is 3.59. The maximum Gasteiger partial charge on any atom is 0.313 e. The summed E-state index contributed by atoms with van der Waals surface area (Å²) >= 11 is 0. The van der Waals surface area contributed by atoms with Gasteiger partial charge in [0.2, 0.25) is 5.91 Å². The molecule has 0 saturated carbocycles. The summed E-state index contributed by atoms with van der Waals surface area (Å²) in [5, 5.41) is 9.57. The third kappa shape index (κ3) is 2.96. The van der Waals surface area contributed by atoms with Crippen molar-refractivity contribution in [3.63, 3.8) is 0 Å². The van der Waals surface area contributed by atoms with Gasteiger partial charge in [-0.25, -0.2) is 0 Å². The maximum atomic E-state index is 12.7. The number of fused-ring (bicyclic) bond motifs is 1. The number of amides is 3. The van der Waals surface area contributed by atoms with Crippen LogP contribution >= 0.6 is 0 Å². The van der Waals surface area contributed by atoms with E-state index in [1.807, 2.05) is 0 Å². The normalized spacial score (nSPS) is 22.5. The second-order valence-electron chi connectivity index (χ2n) is 6.68. The SMILES string of the molecule is COCC1(C(=O)O)CCCN(C(=O)CN2C(=O)c3ccccc3C2=O)C1. The Balaban J connectivity index is 1.74. The van der Waals surface area contributed by atoms with Crippen molar-refractivity contribution in [2.24, 2.45) is 5.41 Å². The monoisotopic (exact) mass is 360 g/mol. The van der Waals surface area contributed by atoms with E-state index in [1.54, 1.807) is 24.3 Å². The zero-order valence-electron chi connectivity index (χ0n) is 14.4. The predicted octanol–water partition coefficient (Wildman–Crippen LogP) is 0.622. The molecule has 1 aromatic rings. The first-order chi connectivity index (χ1) is 12.4. The Morgan fingerprint density at radius 2 is 1.81 bits per heavy atom. The number of likely N-dealkylation sites (tertiary alicyclic amines) is 1. The number of hydrogen-bond acceptors (Lipinski definition) is 5. The molecular weight excluding hydrogens is 340 g/mol. The van der Waals surface area contributed by atoms with Crippen molar-refractivity contribution in [2.75, 3.05) is 33.4 Å². The lowest BCUT2D eigenvalue weighted by atomic mass is 9.80. The van der Waals surface area contributed by atoms with Crippen molar-refractivity contribution in [2.45, 2.75) is 12.8 Å². The first-order valence-corrected chi connectivity index (χ1v) is 8.35. The summed E-state index contributed by atoms with van der Waals surface area (Å²) in [5.41, 5.74) is -0.601. The topological polar surface area (TPSA) is 104 Å². The number of piperidine rings is 1. The Kier molecular flexibility index (Phi) is 4.78. The molecule has 0 aliphatic carbocycles. The zero-order chi connectivity index (χ0) is 18.9. The van der Waals surface area contributed by atoms with Crippen molar-refractivity contribution in [1.82, 2.24) is 9.80 Å². The fraction of sp³-hybridized carbons (Fsp3) is 0.444. The summed E-state index contributed by atoms with van der Waals surface area (Å²) in [7, 11) is 1.42. The number of nitrogens with zero attached hydrogens (tertiary/aromatic N) is 2.